The van der Waals surface area contributed by atoms with Crippen LogP contribution in [0.3, 0.4) is 0 Å². The van der Waals surface area contributed by atoms with E-state index in [1.807, 2.05) is 12.1 Å². The van der Waals surface area contributed by atoms with Crippen molar-refractivity contribution in [3.63, 3.8) is 0 Å². The van der Waals surface area contributed by atoms with Gasteiger partial charge in [-0.05, 0) is 32.3 Å². The third kappa shape index (κ3) is 3.56. The SMILES string of the molecule is Cc1cccc(-c2nocc2CCC(=O)NC2CCCC2)c1. The molecule has 1 fully saturated rings. The standard InChI is InChI=1S/C18H22N2O2/c1-13-5-4-6-14(11-13)18-15(12-22-20-18)9-10-17(21)19-16-7-2-3-8-16/h4-6,11-12,16H,2-3,7-10H2,1H3,(H,19,21). The third-order valence-electron chi connectivity index (χ3n) is 4.28. The van der Waals surface area contributed by atoms with Crippen LogP contribution in [0.5, 0.6) is 0 Å². The maximum atomic E-state index is 12.0. The summed E-state index contributed by atoms with van der Waals surface area (Å²) >= 11 is 0. The third-order valence-corrected chi connectivity index (χ3v) is 4.28. The van der Waals surface area contributed by atoms with Crippen LogP contribution in [0.4, 0.5) is 0 Å². The van der Waals surface area contributed by atoms with Gasteiger partial charge in [-0.3, -0.25) is 4.79 Å². The van der Waals surface area contributed by atoms with Crippen LogP contribution < -0.4 is 5.32 Å². The van der Waals surface area contributed by atoms with Crippen LogP contribution in [0, 0.1) is 6.92 Å². The number of benzene rings is 1. The number of amides is 1. The number of rotatable bonds is 5. The Morgan fingerprint density at radius 3 is 2.95 bits per heavy atom. The lowest BCUT2D eigenvalue weighted by molar-refractivity contribution is -0.121. The normalized spacial score (nSPS) is 15.1. The molecule has 1 saturated carbocycles. The van der Waals surface area contributed by atoms with Crippen molar-refractivity contribution in [1.82, 2.24) is 10.5 Å². The van der Waals surface area contributed by atoms with Crippen molar-refractivity contribution in [3.8, 4) is 11.3 Å². The molecule has 0 spiro atoms. The zero-order valence-electron chi connectivity index (χ0n) is 13.0. The second kappa shape index (κ2) is 6.77. The molecule has 1 heterocycles. The fraction of sp³-hybridized carbons (Fsp3) is 0.444. The number of carbonyl (C=O) groups is 1. The van der Waals surface area contributed by atoms with E-state index in [1.54, 1.807) is 6.26 Å². The quantitative estimate of drug-likeness (QED) is 0.917. The zero-order chi connectivity index (χ0) is 15.4. The van der Waals surface area contributed by atoms with E-state index in [-0.39, 0.29) is 5.91 Å². The Labute approximate surface area is 130 Å². The number of hydrogen-bond donors (Lipinski definition) is 1. The number of carbonyl (C=O) groups excluding carboxylic acids is 1. The van der Waals surface area contributed by atoms with Crippen LogP contribution in [0.1, 0.15) is 43.2 Å². The highest BCUT2D eigenvalue weighted by Gasteiger charge is 2.18. The molecule has 1 aromatic carbocycles. The van der Waals surface area contributed by atoms with E-state index in [1.165, 1.54) is 18.4 Å². The Kier molecular flexibility index (Phi) is 4.56. The maximum absolute atomic E-state index is 12.0. The van der Waals surface area contributed by atoms with Gasteiger partial charge in [0, 0.05) is 23.6 Å². The summed E-state index contributed by atoms with van der Waals surface area (Å²) in [6, 6.07) is 8.55. The molecule has 0 radical (unpaired) electrons. The molecule has 1 aliphatic rings. The molecule has 2 aromatic rings. The smallest absolute Gasteiger partial charge is 0.220 e. The largest absolute Gasteiger partial charge is 0.364 e. The van der Waals surface area contributed by atoms with Crippen molar-refractivity contribution in [1.29, 1.82) is 0 Å². The van der Waals surface area contributed by atoms with Crippen LogP contribution in [0.25, 0.3) is 11.3 Å². The van der Waals surface area contributed by atoms with Gasteiger partial charge in [-0.15, -0.1) is 0 Å². The molecule has 0 saturated heterocycles. The molecule has 1 N–H and O–H groups in total. The molecule has 22 heavy (non-hydrogen) atoms. The first-order valence-corrected chi connectivity index (χ1v) is 8.02. The van der Waals surface area contributed by atoms with Gasteiger partial charge in [0.25, 0.3) is 0 Å². The van der Waals surface area contributed by atoms with E-state index < -0.39 is 0 Å². The van der Waals surface area contributed by atoms with Crippen LogP contribution in [-0.2, 0) is 11.2 Å². The lowest BCUT2D eigenvalue weighted by atomic mass is 10.0. The van der Waals surface area contributed by atoms with Crippen LogP contribution in [-0.4, -0.2) is 17.1 Å². The number of aryl methyl sites for hydroxylation is 2. The summed E-state index contributed by atoms with van der Waals surface area (Å²) in [5.74, 6) is 0.128. The highest BCUT2D eigenvalue weighted by atomic mass is 16.5. The summed E-state index contributed by atoms with van der Waals surface area (Å²) in [7, 11) is 0. The van der Waals surface area contributed by atoms with Crippen molar-refractivity contribution >= 4 is 5.91 Å². The van der Waals surface area contributed by atoms with Gasteiger partial charge in [0.2, 0.25) is 5.91 Å². The maximum Gasteiger partial charge on any atom is 0.220 e. The fourth-order valence-corrected chi connectivity index (χ4v) is 3.08. The predicted molar refractivity (Wildman–Crippen MR) is 85.4 cm³/mol. The van der Waals surface area contributed by atoms with Gasteiger partial charge in [-0.2, -0.15) is 0 Å². The molecular formula is C18H22N2O2. The topological polar surface area (TPSA) is 55.1 Å². The molecule has 116 valence electrons. The average molecular weight is 298 g/mol. The highest BCUT2D eigenvalue weighted by molar-refractivity contribution is 5.77. The summed E-state index contributed by atoms with van der Waals surface area (Å²) in [4.78, 5) is 12.0. The van der Waals surface area contributed by atoms with Crippen molar-refractivity contribution in [3.05, 3.63) is 41.7 Å². The van der Waals surface area contributed by atoms with Gasteiger partial charge in [0.05, 0.1) is 0 Å². The lowest BCUT2D eigenvalue weighted by Gasteiger charge is -2.11. The van der Waals surface area contributed by atoms with Gasteiger partial charge < -0.3 is 9.84 Å². The van der Waals surface area contributed by atoms with Gasteiger partial charge in [-0.1, -0.05) is 41.8 Å². The van der Waals surface area contributed by atoms with E-state index in [0.29, 0.717) is 18.9 Å². The molecule has 1 aromatic heterocycles. The van der Waals surface area contributed by atoms with Gasteiger partial charge >= 0.3 is 0 Å². The molecule has 1 aliphatic carbocycles. The minimum atomic E-state index is 0.128. The molecule has 4 heteroatoms. The number of hydrogen-bond acceptors (Lipinski definition) is 3. The molecule has 3 rings (SSSR count). The van der Waals surface area contributed by atoms with Gasteiger partial charge in [-0.25, -0.2) is 0 Å². The first-order valence-electron chi connectivity index (χ1n) is 8.02. The molecule has 0 aliphatic heterocycles. The molecule has 0 atom stereocenters. The van der Waals surface area contributed by atoms with E-state index >= 15 is 0 Å². The summed E-state index contributed by atoms with van der Waals surface area (Å²) < 4.78 is 5.12. The number of nitrogens with one attached hydrogen (secondary N) is 1. The van der Waals surface area contributed by atoms with E-state index in [0.717, 1.165) is 29.7 Å². The van der Waals surface area contributed by atoms with Crippen molar-refractivity contribution < 1.29 is 9.32 Å². The lowest BCUT2D eigenvalue weighted by Crippen LogP contribution is -2.32. The monoisotopic (exact) mass is 298 g/mol. The zero-order valence-corrected chi connectivity index (χ0v) is 13.0. The fourth-order valence-electron chi connectivity index (χ4n) is 3.08. The van der Waals surface area contributed by atoms with Gasteiger partial charge in [0.1, 0.15) is 12.0 Å². The number of nitrogens with zero attached hydrogens (tertiary/aromatic N) is 1. The minimum Gasteiger partial charge on any atom is -0.364 e. The first-order chi connectivity index (χ1) is 10.7. The van der Waals surface area contributed by atoms with E-state index in [9.17, 15) is 4.79 Å². The molecule has 1 amide bonds. The Bertz CT molecular complexity index is 642. The average Bonchev–Trinajstić information content (AvgIpc) is 3.16. The van der Waals surface area contributed by atoms with Crippen LogP contribution in [0.2, 0.25) is 0 Å². The number of aromatic nitrogens is 1. The second-order valence-corrected chi connectivity index (χ2v) is 6.11. The first kappa shape index (κ1) is 14.8. The molecule has 0 bridgehead atoms. The Hall–Kier alpha value is -2.10. The van der Waals surface area contributed by atoms with Crippen molar-refractivity contribution in [2.45, 2.75) is 51.5 Å². The molecule has 0 unspecified atom stereocenters. The predicted octanol–water partition coefficient (Wildman–Crippen LogP) is 3.64. The minimum absolute atomic E-state index is 0.128. The highest BCUT2D eigenvalue weighted by Crippen LogP contribution is 2.24. The van der Waals surface area contributed by atoms with E-state index in [4.69, 9.17) is 4.52 Å². The van der Waals surface area contributed by atoms with Crippen molar-refractivity contribution in [2.75, 3.05) is 0 Å². The van der Waals surface area contributed by atoms with Crippen molar-refractivity contribution in [2.24, 2.45) is 0 Å². The Morgan fingerprint density at radius 2 is 2.18 bits per heavy atom. The Balaban J connectivity index is 1.61. The summed E-state index contributed by atoms with van der Waals surface area (Å²) in [6.45, 7) is 2.05. The van der Waals surface area contributed by atoms with Crippen LogP contribution in [0.15, 0.2) is 35.1 Å². The summed E-state index contributed by atoms with van der Waals surface area (Å²) in [5, 5.41) is 7.22. The molecular weight excluding hydrogens is 276 g/mol. The van der Waals surface area contributed by atoms with Crippen LogP contribution >= 0.6 is 0 Å². The Morgan fingerprint density at radius 1 is 1.36 bits per heavy atom. The summed E-state index contributed by atoms with van der Waals surface area (Å²) in [6.07, 6.45) is 7.49. The second-order valence-electron chi connectivity index (χ2n) is 6.11. The van der Waals surface area contributed by atoms with E-state index in [2.05, 4.69) is 29.5 Å². The molecule has 4 nitrogen and oxygen atoms in total. The van der Waals surface area contributed by atoms with Gasteiger partial charge in [0.15, 0.2) is 0 Å². The summed E-state index contributed by atoms with van der Waals surface area (Å²) in [5.41, 5.74) is 4.06.